The highest BCUT2D eigenvalue weighted by Crippen LogP contribution is 2.07. The van der Waals surface area contributed by atoms with Crippen LogP contribution < -0.4 is 5.73 Å². The lowest BCUT2D eigenvalue weighted by molar-refractivity contribution is 0.686. The van der Waals surface area contributed by atoms with Gasteiger partial charge in [-0.3, -0.25) is 4.68 Å². The van der Waals surface area contributed by atoms with Crippen molar-refractivity contribution in [2.75, 3.05) is 6.54 Å². The Kier molecular flexibility index (Phi) is 3.72. The van der Waals surface area contributed by atoms with Crippen LogP contribution in [-0.4, -0.2) is 16.3 Å². The van der Waals surface area contributed by atoms with Crippen molar-refractivity contribution < 1.29 is 0 Å². The van der Waals surface area contributed by atoms with E-state index in [0.717, 1.165) is 25.9 Å². The highest BCUT2D eigenvalue weighted by molar-refractivity contribution is 5.22. The summed E-state index contributed by atoms with van der Waals surface area (Å²) >= 11 is 0. The largest absolute Gasteiger partial charge is 0.330 e. The fourth-order valence-corrected chi connectivity index (χ4v) is 1.70. The number of nitrogens with two attached hydrogens (primary N) is 1. The summed E-state index contributed by atoms with van der Waals surface area (Å²) in [6.07, 6.45) is 5.90. The zero-order valence-electron chi connectivity index (χ0n) is 9.34. The molecular formula is C13H17N3. The molecule has 0 saturated carbocycles. The highest BCUT2D eigenvalue weighted by Gasteiger charge is 1.96. The maximum Gasteiger partial charge on any atom is 0.0659 e. The van der Waals surface area contributed by atoms with Gasteiger partial charge in [-0.15, -0.1) is 0 Å². The molecule has 3 heteroatoms. The van der Waals surface area contributed by atoms with E-state index < -0.39 is 0 Å². The van der Waals surface area contributed by atoms with E-state index in [1.165, 1.54) is 11.1 Å². The van der Waals surface area contributed by atoms with Crippen LogP contribution in [0, 0.1) is 0 Å². The van der Waals surface area contributed by atoms with Gasteiger partial charge in [0.25, 0.3) is 0 Å². The van der Waals surface area contributed by atoms with Crippen molar-refractivity contribution in [2.24, 2.45) is 5.73 Å². The molecule has 0 amide bonds. The first-order valence-electron chi connectivity index (χ1n) is 5.64. The maximum absolute atomic E-state index is 5.48. The van der Waals surface area contributed by atoms with E-state index in [4.69, 9.17) is 5.73 Å². The molecule has 0 saturated heterocycles. The number of hydrogen-bond acceptors (Lipinski definition) is 2. The van der Waals surface area contributed by atoms with E-state index in [-0.39, 0.29) is 0 Å². The number of aryl methyl sites for hydroxylation is 1. The molecule has 0 spiro atoms. The summed E-state index contributed by atoms with van der Waals surface area (Å²) in [7, 11) is 0. The third-order valence-corrected chi connectivity index (χ3v) is 2.60. The molecule has 2 aromatic rings. The zero-order valence-corrected chi connectivity index (χ0v) is 9.34. The Labute approximate surface area is 95.9 Å². The van der Waals surface area contributed by atoms with Crippen LogP contribution >= 0.6 is 0 Å². The molecule has 1 aromatic heterocycles. The van der Waals surface area contributed by atoms with Gasteiger partial charge in [-0.1, -0.05) is 24.3 Å². The van der Waals surface area contributed by atoms with Crippen LogP contribution in [0.4, 0.5) is 0 Å². The van der Waals surface area contributed by atoms with Gasteiger partial charge in [0.1, 0.15) is 0 Å². The van der Waals surface area contributed by atoms with Crippen molar-refractivity contribution in [3.05, 3.63) is 53.9 Å². The first kappa shape index (κ1) is 10.9. The van der Waals surface area contributed by atoms with Crippen molar-refractivity contribution in [3.63, 3.8) is 0 Å². The Hall–Kier alpha value is -1.61. The smallest absolute Gasteiger partial charge is 0.0659 e. The molecule has 2 rings (SSSR count). The molecule has 0 aliphatic heterocycles. The molecular weight excluding hydrogens is 198 g/mol. The lowest BCUT2D eigenvalue weighted by Crippen LogP contribution is -2.01. The summed E-state index contributed by atoms with van der Waals surface area (Å²) in [5.41, 5.74) is 8.12. The minimum atomic E-state index is 0.759. The Balaban J connectivity index is 1.96. The van der Waals surface area contributed by atoms with E-state index in [9.17, 15) is 0 Å². The molecule has 0 radical (unpaired) electrons. The third kappa shape index (κ3) is 2.94. The quantitative estimate of drug-likeness (QED) is 0.826. The number of benzene rings is 1. The molecule has 1 heterocycles. The van der Waals surface area contributed by atoms with Gasteiger partial charge in [0.15, 0.2) is 0 Å². The lowest BCUT2D eigenvalue weighted by atomic mass is 10.1. The van der Waals surface area contributed by atoms with Crippen molar-refractivity contribution >= 4 is 0 Å². The molecule has 84 valence electrons. The van der Waals surface area contributed by atoms with E-state index in [1.54, 1.807) is 6.20 Å². The summed E-state index contributed by atoms with van der Waals surface area (Å²) in [5.74, 6) is 0. The molecule has 0 bridgehead atoms. The number of nitrogens with zero attached hydrogens (tertiary/aromatic N) is 2. The van der Waals surface area contributed by atoms with Crippen LogP contribution in [0.5, 0.6) is 0 Å². The average molecular weight is 215 g/mol. The monoisotopic (exact) mass is 215 g/mol. The number of hydrogen-bond donors (Lipinski definition) is 1. The Morgan fingerprint density at radius 3 is 2.50 bits per heavy atom. The van der Waals surface area contributed by atoms with Gasteiger partial charge in [-0.25, -0.2) is 0 Å². The first-order chi connectivity index (χ1) is 7.88. The number of aromatic nitrogens is 2. The van der Waals surface area contributed by atoms with Crippen LogP contribution in [0.25, 0.3) is 0 Å². The van der Waals surface area contributed by atoms with Crippen molar-refractivity contribution in [1.29, 1.82) is 0 Å². The second-order valence-electron chi connectivity index (χ2n) is 3.91. The third-order valence-electron chi connectivity index (χ3n) is 2.60. The van der Waals surface area contributed by atoms with Crippen LogP contribution in [0.1, 0.15) is 17.5 Å². The number of rotatable bonds is 5. The standard InChI is InChI=1S/C13H17N3/c14-8-1-3-12-4-6-13(7-5-12)11-16-10-2-9-15-16/h2,4-7,9-10H,1,3,8,11,14H2. The minimum absolute atomic E-state index is 0.759. The Bertz CT molecular complexity index is 403. The van der Waals surface area contributed by atoms with Gasteiger partial charge >= 0.3 is 0 Å². The summed E-state index contributed by atoms with van der Waals surface area (Å²) in [6.45, 7) is 1.60. The van der Waals surface area contributed by atoms with Crippen molar-refractivity contribution in [3.8, 4) is 0 Å². The molecule has 0 aliphatic carbocycles. The first-order valence-corrected chi connectivity index (χ1v) is 5.64. The van der Waals surface area contributed by atoms with Gasteiger partial charge < -0.3 is 5.73 Å². The zero-order chi connectivity index (χ0) is 11.2. The van der Waals surface area contributed by atoms with E-state index in [0.29, 0.717) is 0 Å². The maximum atomic E-state index is 5.48. The van der Waals surface area contributed by atoms with Crippen LogP contribution in [0.3, 0.4) is 0 Å². The molecule has 3 nitrogen and oxygen atoms in total. The average Bonchev–Trinajstić information content (AvgIpc) is 2.81. The summed E-state index contributed by atoms with van der Waals surface area (Å²) in [6, 6.07) is 10.6. The fraction of sp³-hybridized carbons (Fsp3) is 0.308. The van der Waals surface area contributed by atoms with Gasteiger partial charge in [-0.05, 0) is 36.6 Å². The minimum Gasteiger partial charge on any atom is -0.330 e. The molecule has 0 aliphatic rings. The van der Waals surface area contributed by atoms with E-state index in [2.05, 4.69) is 29.4 Å². The predicted molar refractivity (Wildman–Crippen MR) is 65.1 cm³/mol. The van der Waals surface area contributed by atoms with Gasteiger partial charge in [0.2, 0.25) is 0 Å². The van der Waals surface area contributed by atoms with E-state index in [1.807, 2.05) is 16.9 Å². The van der Waals surface area contributed by atoms with Gasteiger partial charge in [0, 0.05) is 12.4 Å². The molecule has 16 heavy (non-hydrogen) atoms. The summed E-state index contributed by atoms with van der Waals surface area (Å²) < 4.78 is 1.93. The van der Waals surface area contributed by atoms with Crippen molar-refractivity contribution in [1.82, 2.24) is 9.78 Å². The second-order valence-corrected chi connectivity index (χ2v) is 3.91. The Morgan fingerprint density at radius 1 is 1.12 bits per heavy atom. The molecule has 1 aromatic carbocycles. The van der Waals surface area contributed by atoms with Gasteiger partial charge in [0.05, 0.1) is 6.54 Å². The van der Waals surface area contributed by atoms with Gasteiger partial charge in [-0.2, -0.15) is 5.10 Å². The summed E-state index contributed by atoms with van der Waals surface area (Å²) in [5, 5.41) is 4.18. The van der Waals surface area contributed by atoms with E-state index >= 15 is 0 Å². The molecule has 2 N–H and O–H groups in total. The van der Waals surface area contributed by atoms with Crippen LogP contribution in [-0.2, 0) is 13.0 Å². The predicted octanol–water partition coefficient (Wildman–Crippen LogP) is 1.82. The summed E-state index contributed by atoms with van der Waals surface area (Å²) in [4.78, 5) is 0. The second kappa shape index (κ2) is 5.47. The SMILES string of the molecule is NCCCc1ccc(Cn2cccn2)cc1. The van der Waals surface area contributed by atoms with Crippen LogP contribution in [0.2, 0.25) is 0 Å². The Morgan fingerprint density at radius 2 is 1.88 bits per heavy atom. The molecule has 0 unspecified atom stereocenters. The normalized spacial score (nSPS) is 10.6. The fourth-order valence-electron chi connectivity index (χ4n) is 1.70. The molecule has 0 fully saturated rings. The topological polar surface area (TPSA) is 43.8 Å². The van der Waals surface area contributed by atoms with Crippen LogP contribution in [0.15, 0.2) is 42.7 Å². The molecule has 0 atom stereocenters. The lowest BCUT2D eigenvalue weighted by Gasteiger charge is -2.04. The van der Waals surface area contributed by atoms with Crippen molar-refractivity contribution in [2.45, 2.75) is 19.4 Å². The highest BCUT2D eigenvalue weighted by atomic mass is 15.3.